The van der Waals surface area contributed by atoms with Gasteiger partial charge in [-0.1, -0.05) is 18.2 Å². The summed E-state index contributed by atoms with van der Waals surface area (Å²) >= 11 is 0. The lowest BCUT2D eigenvalue weighted by Crippen LogP contribution is -2.28. The average molecular weight is 421 g/mol. The molecule has 4 rings (SSSR count). The number of nitrogens with zero attached hydrogens (tertiary/aromatic N) is 4. The number of nitrogens with one attached hydrogen (secondary N) is 1. The van der Waals surface area contributed by atoms with Crippen LogP contribution in [0, 0.1) is 0 Å². The van der Waals surface area contributed by atoms with Crippen molar-refractivity contribution < 1.29 is 19.0 Å². The number of carbonyl (C=O) groups is 1. The maximum absolute atomic E-state index is 12.7. The van der Waals surface area contributed by atoms with Crippen LogP contribution in [0.5, 0.6) is 23.1 Å². The lowest BCUT2D eigenvalue weighted by molar-refractivity contribution is -0.117. The minimum absolute atomic E-state index is 0.155. The smallest absolute Gasteiger partial charge is 0.351 e. The number of hydrogen-bond donors (Lipinski definition) is 1. The summed E-state index contributed by atoms with van der Waals surface area (Å²) in [5, 5.41) is 6.94. The predicted octanol–water partition coefficient (Wildman–Crippen LogP) is 2.34. The van der Waals surface area contributed by atoms with Gasteiger partial charge in [0.05, 0.1) is 14.2 Å². The first-order valence-corrected chi connectivity index (χ1v) is 9.27. The molecule has 0 unspecified atom stereocenters. The maximum atomic E-state index is 12.7. The molecule has 31 heavy (non-hydrogen) atoms. The first-order chi connectivity index (χ1) is 15.1. The SMILES string of the molecule is COc1cc(NC(=O)Cn2nc3c(Oc4ccccc4)nccn3c2=O)cc(OC)c1. The number of carbonyl (C=O) groups excluding carboxylic acids is 1. The van der Waals surface area contributed by atoms with Crippen molar-refractivity contribution >= 4 is 17.2 Å². The topological polar surface area (TPSA) is 109 Å². The van der Waals surface area contributed by atoms with Crippen LogP contribution in [0.3, 0.4) is 0 Å². The molecular weight excluding hydrogens is 402 g/mol. The van der Waals surface area contributed by atoms with Gasteiger partial charge >= 0.3 is 5.69 Å². The third-order valence-electron chi connectivity index (χ3n) is 4.36. The number of ether oxygens (including phenoxy) is 3. The van der Waals surface area contributed by atoms with Gasteiger partial charge in [0, 0.05) is 36.3 Å². The Kier molecular flexibility index (Phi) is 5.52. The number of fused-ring (bicyclic) bond motifs is 1. The zero-order valence-corrected chi connectivity index (χ0v) is 16.8. The number of methoxy groups -OCH3 is 2. The number of para-hydroxylation sites is 1. The molecule has 0 saturated heterocycles. The van der Waals surface area contributed by atoms with Gasteiger partial charge < -0.3 is 19.5 Å². The van der Waals surface area contributed by atoms with Crippen molar-refractivity contribution in [2.45, 2.75) is 6.54 Å². The number of benzene rings is 2. The molecule has 2 heterocycles. The van der Waals surface area contributed by atoms with Crippen LogP contribution in [0.2, 0.25) is 0 Å². The Bertz CT molecular complexity index is 1260. The van der Waals surface area contributed by atoms with Crippen molar-refractivity contribution in [3.05, 3.63) is 71.4 Å². The largest absolute Gasteiger partial charge is 0.497 e. The van der Waals surface area contributed by atoms with E-state index in [-0.39, 0.29) is 18.1 Å². The Balaban J connectivity index is 1.57. The van der Waals surface area contributed by atoms with Gasteiger partial charge in [-0.15, -0.1) is 5.10 Å². The Morgan fingerprint density at radius 1 is 1.03 bits per heavy atom. The molecule has 10 heteroatoms. The molecule has 0 fully saturated rings. The quantitative estimate of drug-likeness (QED) is 0.488. The number of anilines is 1. The zero-order chi connectivity index (χ0) is 21.8. The van der Waals surface area contributed by atoms with E-state index < -0.39 is 11.6 Å². The molecule has 10 nitrogen and oxygen atoms in total. The summed E-state index contributed by atoms with van der Waals surface area (Å²) < 4.78 is 18.4. The van der Waals surface area contributed by atoms with Gasteiger partial charge in [-0.3, -0.25) is 4.79 Å². The number of rotatable bonds is 7. The van der Waals surface area contributed by atoms with Crippen molar-refractivity contribution in [2.24, 2.45) is 0 Å². The van der Waals surface area contributed by atoms with Crippen molar-refractivity contribution in [3.63, 3.8) is 0 Å². The second-order valence-electron chi connectivity index (χ2n) is 6.43. The number of amides is 1. The highest BCUT2D eigenvalue weighted by atomic mass is 16.5. The van der Waals surface area contributed by atoms with Gasteiger partial charge in [0.1, 0.15) is 23.8 Å². The second-order valence-corrected chi connectivity index (χ2v) is 6.43. The Morgan fingerprint density at radius 3 is 2.42 bits per heavy atom. The monoisotopic (exact) mass is 421 g/mol. The number of aromatic nitrogens is 4. The zero-order valence-electron chi connectivity index (χ0n) is 16.8. The van der Waals surface area contributed by atoms with Gasteiger partial charge in [0.25, 0.3) is 5.88 Å². The fraction of sp³-hybridized carbons (Fsp3) is 0.143. The second kappa shape index (κ2) is 8.57. The van der Waals surface area contributed by atoms with E-state index in [1.54, 1.807) is 30.3 Å². The summed E-state index contributed by atoms with van der Waals surface area (Å²) in [6, 6.07) is 14.0. The van der Waals surface area contributed by atoms with E-state index in [9.17, 15) is 9.59 Å². The molecule has 0 spiro atoms. The van der Waals surface area contributed by atoms with Crippen molar-refractivity contribution in [2.75, 3.05) is 19.5 Å². The van der Waals surface area contributed by atoms with Crippen molar-refractivity contribution in [1.29, 1.82) is 0 Å². The molecule has 2 aromatic carbocycles. The van der Waals surface area contributed by atoms with Crippen LogP contribution in [0.25, 0.3) is 5.65 Å². The summed E-state index contributed by atoms with van der Waals surface area (Å²) in [5.41, 5.74) is 0.175. The normalized spacial score (nSPS) is 10.6. The lowest BCUT2D eigenvalue weighted by atomic mass is 10.2. The molecule has 0 aliphatic heterocycles. The van der Waals surface area contributed by atoms with Gasteiger partial charge in [-0.05, 0) is 12.1 Å². The Hall–Kier alpha value is -4.34. The summed E-state index contributed by atoms with van der Waals surface area (Å²) in [6.45, 7) is -0.301. The first-order valence-electron chi connectivity index (χ1n) is 9.27. The van der Waals surface area contributed by atoms with Gasteiger partial charge in [0.15, 0.2) is 0 Å². The highest BCUT2D eigenvalue weighted by Crippen LogP contribution is 2.26. The molecule has 0 atom stereocenters. The van der Waals surface area contributed by atoms with Crippen molar-refractivity contribution in [3.8, 4) is 23.1 Å². The Morgan fingerprint density at radius 2 is 1.74 bits per heavy atom. The van der Waals surface area contributed by atoms with E-state index in [4.69, 9.17) is 14.2 Å². The number of hydrogen-bond acceptors (Lipinski definition) is 7. The van der Waals surface area contributed by atoms with E-state index in [1.165, 1.54) is 31.0 Å². The fourth-order valence-electron chi connectivity index (χ4n) is 2.92. The molecular formula is C21H19N5O5. The highest BCUT2D eigenvalue weighted by molar-refractivity contribution is 5.91. The molecule has 2 aromatic heterocycles. The first kappa shape index (κ1) is 20.0. The predicted molar refractivity (Wildman–Crippen MR) is 112 cm³/mol. The van der Waals surface area contributed by atoms with Gasteiger partial charge in [0.2, 0.25) is 11.6 Å². The van der Waals surface area contributed by atoms with Crippen LogP contribution >= 0.6 is 0 Å². The maximum Gasteiger partial charge on any atom is 0.351 e. The van der Waals surface area contributed by atoms with E-state index in [2.05, 4.69) is 15.4 Å². The van der Waals surface area contributed by atoms with Gasteiger partial charge in [-0.25, -0.2) is 18.9 Å². The molecule has 4 aromatic rings. The molecule has 0 bridgehead atoms. The average Bonchev–Trinajstić information content (AvgIpc) is 3.10. The Labute approximate surface area is 176 Å². The van der Waals surface area contributed by atoms with E-state index >= 15 is 0 Å². The van der Waals surface area contributed by atoms with Crippen LogP contribution in [-0.4, -0.2) is 39.3 Å². The standard InChI is InChI=1S/C21H19N5O5/c1-29-16-10-14(11-17(12-16)30-2)23-18(27)13-26-21(28)25-9-8-22-20(19(25)24-26)31-15-6-4-3-5-7-15/h3-12H,13H2,1-2H3,(H,23,27). The van der Waals surface area contributed by atoms with E-state index in [0.717, 1.165) is 4.68 Å². The van der Waals surface area contributed by atoms with Crippen LogP contribution in [-0.2, 0) is 11.3 Å². The van der Waals surface area contributed by atoms with E-state index in [0.29, 0.717) is 22.9 Å². The van der Waals surface area contributed by atoms with Crippen LogP contribution in [0.15, 0.2) is 65.7 Å². The lowest BCUT2D eigenvalue weighted by Gasteiger charge is -2.09. The molecule has 0 aliphatic carbocycles. The molecule has 0 saturated carbocycles. The minimum atomic E-state index is -0.492. The van der Waals surface area contributed by atoms with Crippen LogP contribution in [0.4, 0.5) is 5.69 Å². The molecule has 1 N–H and O–H groups in total. The third kappa shape index (κ3) is 4.32. The summed E-state index contributed by atoms with van der Waals surface area (Å²) in [7, 11) is 3.03. The molecule has 158 valence electrons. The summed E-state index contributed by atoms with van der Waals surface area (Å²) in [4.78, 5) is 29.4. The third-order valence-corrected chi connectivity index (χ3v) is 4.36. The summed E-state index contributed by atoms with van der Waals surface area (Å²) in [6.07, 6.45) is 2.89. The minimum Gasteiger partial charge on any atom is -0.497 e. The van der Waals surface area contributed by atoms with Gasteiger partial charge in [-0.2, -0.15) is 0 Å². The molecule has 0 aliphatic rings. The van der Waals surface area contributed by atoms with Crippen LogP contribution in [0.1, 0.15) is 0 Å². The van der Waals surface area contributed by atoms with Crippen molar-refractivity contribution in [1.82, 2.24) is 19.2 Å². The fourth-order valence-corrected chi connectivity index (χ4v) is 2.92. The van der Waals surface area contributed by atoms with E-state index in [1.807, 2.05) is 18.2 Å². The molecule has 1 amide bonds. The van der Waals surface area contributed by atoms with Crippen LogP contribution < -0.4 is 25.2 Å². The highest BCUT2D eigenvalue weighted by Gasteiger charge is 2.16. The summed E-state index contributed by atoms with van der Waals surface area (Å²) in [5.74, 6) is 1.30. The molecule has 0 radical (unpaired) electrons.